The lowest BCUT2D eigenvalue weighted by atomic mass is 9.94. The fraction of sp³-hybridized carbons (Fsp3) is 0.500. The fourth-order valence-corrected chi connectivity index (χ4v) is 3.43. The first-order chi connectivity index (χ1) is 13.0. The van der Waals surface area contributed by atoms with Gasteiger partial charge in [-0.3, -0.25) is 4.68 Å². The average molecular weight is 392 g/mol. The summed E-state index contributed by atoms with van der Waals surface area (Å²) in [4.78, 5) is 4.63. The molecule has 1 atom stereocenters. The van der Waals surface area contributed by atoms with Crippen LogP contribution in [0.25, 0.3) is 0 Å². The minimum Gasteiger partial charge on any atom is -0.357 e. The van der Waals surface area contributed by atoms with E-state index in [9.17, 15) is 4.39 Å². The van der Waals surface area contributed by atoms with Crippen LogP contribution in [0.15, 0.2) is 29.4 Å². The van der Waals surface area contributed by atoms with E-state index in [4.69, 9.17) is 16.7 Å². The minimum atomic E-state index is -0.409. The molecule has 2 N–H and O–H groups in total. The summed E-state index contributed by atoms with van der Waals surface area (Å²) in [5.74, 6) is 0.350. The Labute approximate surface area is 165 Å². The fourth-order valence-electron chi connectivity index (χ4n) is 3.22. The van der Waals surface area contributed by atoms with E-state index in [2.05, 4.69) is 35.7 Å². The third-order valence-corrected chi connectivity index (χ3v) is 5.00. The van der Waals surface area contributed by atoms with Gasteiger partial charge in [-0.25, -0.2) is 9.38 Å². The largest absolute Gasteiger partial charge is 0.357 e. The monoisotopic (exact) mass is 391 g/mol. The number of aliphatic imine (C=N–C) groups is 1. The van der Waals surface area contributed by atoms with Crippen molar-refractivity contribution in [3.05, 3.63) is 52.1 Å². The first kappa shape index (κ1) is 19.7. The molecule has 5 nitrogen and oxygen atoms in total. The molecular formula is C20H27ClFN5. The summed E-state index contributed by atoms with van der Waals surface area (Å²) in [5.41, 5.74) is 3.40. The Bertz CT molecular complexity index is 815. The van der Waals surface area contributed by atoms with Crippen LogP contribution in [0.5, 0.6) is 0 Å². The molecular weight excluding hydrogens is 365 g/mol. The molecule has 0 saturated carbocycles. The lowest BCUT2D eigenvalue weighted by molar-refractivity contribution is 0.499. The quantitative estimate of drug-likeness (QED) is 0.601. The van der Waals surface area contributed by atoms with Crippen molar-refractivity contribution < 1.29 is 4.39 Å². The predicted molar refractivity (Wildman–Crippen MR) is 108 cm³/mol. The summed E-state index contributed by atoms with van der Waals surface area (Å²) in [6.07, 6.45) is 5.13. The van der Waals surface area contributed by atoms with Gasteiger partial charge in [0.05, 0.1) is 17.3 Å². The average Bonchev–Trinajstić information content (AvgIpc) is 3.06. The van der Waals surface area contributed by atoms with Gasteiger partial charge in [-0.1, -0.05) is 17.7 Å². The van der Waals surface area contributed by atoms with Crippen molar-refractivity contribution in [1.82, 2.24) is 20.4 Å². The highest BCUT2D eigenvalue weighted by atomic mass is 35.5. The molecule has 0 amide bonds. The molecule has 3 rings (SSSR count). The molecule has 0 spiro atoms. The Morgan fingerprint density at radius 1 is 1.44 bits per heavy atom. The molecule has 27 heavy (non-hydrogen) atoms. The van der Waals surface area contributed by atoms with Crippen LogP contribution in [0.1, 0.15) is 50.1 Å². The van der Waals surface area contributed by atoms with Crippen molar-refractivity contribution in [3.63, 3.8) is 0 Å². The highest BCUT2D eigenvalue weighted by Crippen LogP contribution is 2.22. The molecule has 0 aliphatic heterocycles. The molecule has 0 fully saturated rings. The van der Waals surface area contributed by atoms with E-state index in [1.165, 1.54) is 17.3 Å². The van der Waals surface area contributed by atoms with Crippen LogP contribution in [0.2, 0.25) is 5.02 Å². The van der Waals surface area contributed by atoms with Gasteiger partial charge in [0.2, 0.25) is 0 Å². The Morgan fingerprint density at radius 2 is 2.26 bits per heavy atom. The Balaban J connectivity index is 1.66. The van der Waals surface area contributed by atoms with Gasteiger partial charge in [-0.05, 0) is 56.9 Å². The Kier molecular flexibility index (Phi) is 6.37. The highest BCUT2D eigenvalue weighted by Gasteiger charge is 2.23. The minimum absolute atomic E-state index is 0.126. The summed E-state index contributed by atoms with van der Waals surface area (Å²) in [6.45, 7) is 7.54. The molecule has 0 radical (unpaired) electrons. The van der Waals surface area contributed by atoms with E-state index in [1.54, 1.807) is 12.1 Å². The third kappa shape index (κ3) is 5.01. The van der Waals surface area contributed by atoms with Gasteiger partial charge in [-0.15, -0.1) is 0 Å². The molecule has 1 aromatic heterocycles. The molecule has 1 unspecified atom stereocenters. The number of hydrogen-bond acceptors (Lipinski definition) is 2. The summed E-state index contributed by atoms with van der Waals surface area (Å²) in [5, 5.41) is 11.7. The van der Waals surface area contributed by atoms with Gasteiger partial charge in [0, 0.05) is 31.2 Å². The second kappa shape index (κ2) is 8.74. The number of benzene rings is 1. The van der Waals surface area contributed by atoms with Crippen molar-refractivity contribution in [2.75, 3.05) is 6.54 Å². The maximum atomic E-state index is 13.3. The van der Waals surface area contributed by atoms with E-state index >= 15 is 0 Å². The number of guanidine groups is 1. The van der Waals surface area contributed by atoms with Crippen LogP contribution in [-0.2, 0) is 19.4 Å². The molecule has 1 aromatic carbocycles. The predicted octanol–water partition coefficient (Wildman–Crippen LogP) is 3.87. The zero-order valence-corrected chi connectivity index (χ0v) is 16.9. The van der Waals surface area contributed by atoms with Crippen molar-refractivity contribution in [2.45, 2.75) is 58.7 Å². The van der Waals surface area contributed by atoms with Crippen molar-refractivity contribution >= 4 is 17.6 Å². The number of nitrogens with zero attached hydrogens (tertiary/aromatic N) is 3. The Hall–Kier alpha value is -2.08. The summed E-state index contributed by atoms with van der Waals surface area (Å²) in [7, 11) is 0. The van der Waals surface area contributed by atoms with Gasteiger partial charge in [0.25, 0.3) is 0 Å². The normalized spacial score (nSPS) is 17.1. The lowest BCUT2D eigenvalue weighted by Gasteiger charge is -2.24. The van der Waals surface area contributed by atoms with Gasteiger partial charge < -0.3 is 10.6 Å². The Morgan fingerprint density at radius 3 is 2.96 bits per heavy atom. The summed E-state index contributed by atoms with van der Waals surface area (Å²) >= 11 is 5.85. The van der Waals surface area contributed by atoms with E-state index < -0.39 is 5.82 Å². The van der Waals surface area contributed by atoms with Gasteiger partial charge in [0.1, 0.15) is 5.82 Å². The van der Waals surface area contributed by atoms with Crippen LogP contribution in [0.4, 0.5) is 4.39 Å². The summed E-state index contributed by atoms with van der Waals surface area (Å²) < 4.78 is 15.3. The molecule has 1 aliphatic carbocycles. The highest BCUT2D eigenvalue weighted by molar-refractivity contribution is 6.30. The number of nitrogens with one attached hydrogen (secondary N) is 2. The van der Waals surface area contributed by atoms with E-state index in [0.29, 0.717) is 18.6 Å². The third-order valence-electron chi connectivity index (χ3n) is 4.71. The van der Waals surface area contributed by atoms with E-state index in [1.807, 2.05) is 11.6 Å². The molecule has 1 heterocycles. The molecule has 1 aliphatic rings. The molecule has 0 bridgehead atoms. The topological polar surface area (TPSA) is 54.2 Å². The van der Waals surface area contributed by atoms with Crippen LogP contribution >= 0.6 is 11.6 Å². The van der Waals surface area contributed by atoms with E-state index in [0.717, 1.165) is 37.3 Å². The number of aryl methyl sites for hydroxylation is 1. The first-order valence-corrected chi connectivity index (χ1v) is 9.89. The number of hydrogen-bond donors (Lipinski definition) is 2. The van der Waals surface area contributed by atoms with Crippen molar-refractivity contribution in [1.29, 1.82) is 0 Å². The summed E-state index contributed by atoms with van der Waals surface area (Å²) in [6, 6.07) is 5.38. The molecule has 146 valence electrons. The first-order valence-electron chi connectivity index (χ1n) is 9.52. The van der Waals surface area contributed by atoms with Crippen LogP contribution < -0.4 is 10.6 Å². The van der Waals surface area contributed by atoms with Crippen LogP contribution in [0.3, 0.4) is 0 Å². The van der Waals surface area contributed by atoms with Crippen LogP contribution in [0, 0.1) is 5.82 Å². The maximum Gasteiger partial charge on any atom is 0.191 e. The van der Waals surface area contributed by atoms with Gasteiger partial charge >= 0.3 is 0 Å². The molecule has 2 aromatic rings. The standard InChI is InChI=1S/C20H27ClFN5/c1-4-23-20(24-11-14-5-8-18(22)17(21)9-14)25-16-7-6-15-12-27(13(2)3)26-19(15)10-16/h5,8-9,12-13,16H,4,6-7,10-11H2,1-3H3,(H2,23,24,25). The molecule has 0 saturated heterocycles. The number of rotatable bonds is 5. The number of aromatic nitrogens is 2. The zero-order valence-electron chi connectivity index (χ0n) is 16.1. The smallest absolute Gasteiger partial charge is 0.191 e. The SMILES string of the molecule is CCNC(=NCc1ccc(F)c(Cl)c1)NC1CCc2cn(C(C)C)nc2C1. The second-order valence-electron chi connectivity index (χ2n) is 7.20. The van der Waals surface area contributed by atoms with Crippen molar-refractivity contribution in [3.8, 4) is 0 Å². The second-order valence-corrected chi connectivity index (χ2v) is 7.61. The van der Waals surface area contributed by atoms with Gasteiger partial charge in [0.15, 0.2) is 5.96 Å². The van der Waals surface area contributed by atoms with E-state index in [-0.39, 0.29) is 5.02 Å². The number of fused-ring (bicyclic) bond motifs is 1. The lowest BCUT2D eigenvalue weighted by Crippen LogP contribution is -2.45. The van der Waals surface area contributed by atoms with Crippen LogP contribution in [-0.4, -0.2) is 28.3 Å². The van der Waals surface area contributed by atoms with Crippen molar-refractivity contribution in [2.24, 2.45) is 4.99 Å². The maximum absolute atomic E-state index is 13.3. The number of halogens is 2. The molecule has 7 heteroatoms. The van der Waals surface area contributed by atoms with Gasteiger partial charge in [-0.2, -0.15) is 5.10 Å². The zero-order chi connectivity index (χ0) is 19.4.